The van der Waals surface area contributed by atoms with Crippen molar-refractivity contribution in [2.45, 2.75) is 12.1 Å². The Hall–Kier alpha value is -3.73. The molecule has 0 aliphatic carbocycles. The van der Waals surface area contributed by atoms with Gasteiger partial charge in [-0.15, -0.1) is 0 Å². The number of nitrogens with two attached hydrogens (primary N) is 1. The summed E-state index contributed by atoms with van der Waals surface area (Å²) in [6.45, 7) is 2.32. The van der Waals surface area contributed by atoms with Crippen LogP contribution < -0.4 is 26.7 Å². The number of carbonyl (C=O) groups is 2. The van der Waals surface area contributed by atoms with E-state index in [1.165, 1.54) is 18.4 Å². The second-order valence-corrected chi connectivity index (χ2v) is 6.79. The summed E-state index contributed by atoms with van der Waals surface area (Å²) in [5.74, 6) is -0.568. The van der Waals surface area contributed by atoms with E-state index < -0.39 is 11.5 Å². The first-order valence-corrected chi connectivity index (χ1v) is 9.85. The van der Waals surface area contributed by atoms with E-state index in [2.05, 4.69) is 20.6 Å². The molecule has 2 heterocycles. The number of aromatic nitrogens is 2. The molecule has 0 aliphatic heterocycles. The van der Waals surface area contributed by atoms with Crippen molar-refractivity contribution >= 4 is 40.8 Å². The molecule has 0 spiro atoms. The van der Waals surface area contributed by atoms with Gasteiger partial charge in [0.15, 0.2) is 22.4 Å². The number of nitrogens with zero attached hydrogens (tertiary/aromatic N) is 1. The van der Waals surface area contributed by atoms with Crippen molar-refractivity contribution in [2.24, 2.45) is 0 Å². The van der Waals surface area contributed by atoms with E-state index in [4.69, 9.17) is 14.9 Å². The number of nitrogen functional groups attached to an aromatic ring is 1. The molecule has 0 fully saturated rings. The molecule has 30 heavy (non-hydrogen) atoms. The van der Waals surface area contributed by atoms with Crippen LogP contribution in [0.25, 0.3) is 0 Å². The second kappa shape index (κ2) is 9.65. The summed E-state index contributed by atoms with van der Waals surface area (Å²) >= 11 is 0.990. The van der Waals surface area contributed by atoms with Crippen LogP contribution in [-0.4, -0.2) is 34.1 Å². The normalized spacial score (nSPS) is 10.4. The third-order valence-corrected chi connectivity index (χ3v) is 4.58. The lowest BCUT2D eigenvalue weighted by atomic mass is 10.3. The van der Waals surface area contributed by atoms with Gasteiger partial charge in [-0.05, 0) is 31.2 Å². The van der Waals surface area contributed by atoms with Gasteiger partial charge in [-0.3, -0.25) is 19.4 Å². The van der Waals surface area contributed by atoms with Crippen molar-refractivity contribution < 1.29 is 18.7 Å². The predicted molar refractivity (Wildman–Crippen MR) is 113 cm³/mol. The number of ether oxygens (including phenoxy) is 1. The third-order valence-electron chi connectivity index (χ3n) is 3.71. The van der Waals surface area contributed by atoms with Crippen molar-refractivity contribution in [3.63, 3.8) is 0 Å². The van der Waals surface area contributed by atoms with Gasteiger partial charge in [-0.1, -0.05) is 23.9 Å². The fourth-order valence-corrected chi connectivity index (χ4v) is 3.08. The minimum absolute atomic E-state index is 0.0243. The van der Waals surface area contributed by atoms with Gasteiger partial charge < -0.3 is 25.5 Å². The molecule has 3 rings (SSSR count). The van der Waals surface area contributed by atoms with Gasteiger partial charge in [-0.2, -0.15) is 0 Å². The first-order chi connectivity index (χ1) is 14.5. The highest BCUT2D eigenvalue weighted by Crippen LogP contribution is 2.24. The standard InChI is InChI=1S/C19H19N5O5S/c1-2-28-12-7-4-3-6-11(12)21-14(25)10-30-19-23-16(20)15(18(27)24-19)22-17(26)13-8-5-9-29-13/h3-9H,2,10H2,1H3,(H,21,25)(H,22,26)(H3,20,23,24,27). The zero-order valence-corrected chi connectivity index (χ0v) is 16.7. The van der Waals surface area contributed by atoms with Crippen molar-refractivity contribution in [1.82, 2.24) is 9.97 Å². The third kappa shape index (κ3) is 5.20. The van der Waals surface area contributed by atoms with E-state index in [1.807, 2.05) is 6.92 Å². The Balaban J connectivity index is 1.63. The summed E-state index contributed by atoms with van der Waals surface area (Å²) in [7, 11) is 0. The number of carbonyl (C=O) groups excluding carboxylic acids is 2. The first-order valence-electron chi connectivity index (χ1n) is 8.87. The zero-order valence-electron chi connectivity index (χ0n) is 15.9. The SMILES string of the molecule is CCOc1ccccc1NC(=O)CSc1nc(N)c(NC(=O)c2ccco2)c(=O)[nH]1. The van der Waals surface area contributed by atoms with Crippen LogP contribution in [0.15, 0.2) is 57.0 Å². The number of furan rings is 1. The Bertz CT molecular complexity index is 1100. The molecular weight excluding hydrogens is 410 g/mol. The van der Waals surface area contributed by atoms with Crippen molar-refractivity contribution in [2.75, 3.05) is 28.7 Å². The van der Waals surface area contributed by atoms with E-state index in [-0.39, 0.29) is 34.1 Å². The number of benzene rings is 1. The van der Waals surface area contributed by atoms with E-state index in [0.717, 1.165) is 11.8 Å². The maximum absolute atomic E-state index is 12.3. The number of H-pyrrole nitrogens is 1. The Morgan fingerprint density at radius 3 is 2.73 bits per heavy atom. The molecule has 1 aromatic carbocycles. The number of anilines is 3. The van der Waals surface area contributed by atoms with Gasteiger partial charge in [0.25, 0.3) is 11.5 Å². The number of amides is 2. The summed E-state index contributed by atoms with van der Waals surface area (Å²) in [5, 5.41) is 5.24. The lowest BCUT2D eigenvalue weighted by Crippen LogP contribution is -2.23. The fourth-order valence-electron chi connectivity index (χ4n) is 2.41. The van der Waals surface area contributed by atoms with Crippen LogP contribution in [-0.2, 0) is 4.79 Å². The summed E-state index contributed by atoms with van der Waals surface area (Å²) in [6.07, 6.45) is 1.33. The number of aromatic amines is 1. The molecule has 10 nitrogen and oxygen atoms in total. The van der Waals surface area contributed by atoms with Gasteiger partial charge >= 0.3 is 0 Å². The number of para-hydroxylation sites is 2. The highest BCUT2D eigenvalue weighted by atomic mass is 32.2. The van der Waals surface area contributed by atoms with Crippen molar-refractivity contribution in [3.8, 4) is 5.75 Å². The molecule has 3 aromatic rings. The molecule has 0 bridgehead atoms. The molecule has 2 amide bonds. The van der Waals surface area contributed by atoms with Gasteiger partial charge in [0.05, 0.1) is 24.3 Å². The van der Waals surface area contributed by atoms with E-state index in [9.17, 15) is 14.4 Å². The fraction of sp³-hybridized carbons (Fsp3) is 0.158. The lowest BCUT2D eigenvalue weighted by Gasteiger charge is -2.11. The number of rotatable bonds is 8. The Labute approximate surface area is 175 Å². The monoisotopic (exact) mass is 429 g/mol. The summed E-state index contributed by atoms with van der Waals surface area (Å²) in [4.78, 5) is 43.0. The highest BCUT2D eigenvalue weighted by molar-refractivity contribution is 7.99. The van der Waals surface area contributed by atoms with E-state index in [0.29, 0.717) is 18.0 Å². The molecule has 0 saturated heterocycles. The molecule has 11 heteroatoms. The average molecular weight is 429 g/mol. The number of nitrogens with one attached hydrogen (secondary N) is 3. The second-order valence-electron chi connectivity index (χ2n) is 5.83. The highest BCUT2D eigenvalue weighted by Gasteiger charge is 2.16. The molecule has 156 valence electrons. The molecule has 0 aliphatic rings. The largest absolute Gasteiger partial charge is 0.492 e. The maximum atomic E-state index is 12.3. The van der Waals surface area contributed by atoms with Crippen LogP contribution in [0, 0.1) is 0 Å². The minimum Gasteiger partial charge on any atom is -0.492 e. The molecular formula is C19H19N5O5S. The lowest BCUT2D eigenvalue weighted by molar-refractivity contribution is -0.113. The van der Waals surface area contributed by atoms with Gasteiger partial charge in [-0.25, -0.2) is 4.98 Å². The quantitative estimate of drug-likeness (QED) is 0.314. The topological polar surface area (TPSA) is 152 Å². The summed E-state index contributed by atoms with van der Waals surface area (Å²) in [5.41, 5.74) is 5.50. The number of hydrogen-bond donors (Lipinski definition) is 4. The Morgan fingerprint density at radius 1 is 1.23 bits per heavy atom. The molecule has 0 radical (unpaired) electrons. The van der Waals surface area contributed by atoms with Crippen molar-refractivity contribution in [3.05, 3.63) is 58.8 Å². The molecule has 5 N–H and O–H groups in total. The van der Waals surface area contributed by atoms with Crippen molar-refractivity contribution in [1.29, 1.82) is 0 Å². The Kier molecular flexibility index (Phi) is 6.75. The molecule has 2 aromatic heterocycles. The van der Waals surface area contributed by atoms with Crippen LogP contribution in [0.5, 0.6) is 5.75 Å². The molecule has 0 unspecified atom stereocenters. The van der Waals surface area contributed by atoms with E-state index >= 15 is 0 Å². The van der Waals surface area contributed by atoms with Crippen LogP contribution in [0.4, 0.5) is 17.2 Å². The first kappa shape index (κ1) is 21.0. The number of hydrogen-bond acceptors (Lipinski definition) is 8. The van der Waals surface area contributed by atoms with Crippen LogP contribution in [0.2, 0.25) is 0 Å². The predicted octanol–water partition coefficient (Wildman–Crippen LogP) is 2.33. The van der Waals surface area contributed by atoms with Gasteiger partial charge in [0.2, 0.25) is 5.91 Å². The summed E-state index contributed by atoms with van der Waals surface area (Å²) < 4.78 is 10.4. The van der Waals surface area contributed by atoms with E-state index in [1.54, 1.807) is 24.3 Å². The Morgan fingerprint density at radius 2 is 2.03 bits per heavy atom. The summed E-state index contributed by atoms with van der Waals surface area (Å²) in [6, 6.07) is 10.0. The number of thioether (sulfide) groups is 1. The van der Waals surface area contributed by atoms with Gasteiger partial charge in [0.1, 0.15) is 5.75 Å². The molecule has 0 saturated carbocycles. The van der Waals surface area contributed by atoms with Gasteiger partial charge in [0, 0.05) is 0 Å². The minimum atomic E-state index is -0.646. The molecule has 0 atom stereocenters. The van der Waals surface area contributed by atoms with Crippen LogP contribution in [0.1, 0.15) is 17.5 Å². The van der Waals surface area contributed by atoms with Crippen LogP contribution in [0.3, 0.4) is 0 Å². The maximum Gasteiger partial charge on any atom is 0.291 e. The zero-order chi connectivity index (χ0) is 21.5. The van der Waals surface area contributed by atoms with Crippen LogP contribution >= 0.6 is 11.8 Å². The smallest absolute Gasteiger partial charge is 0.291 e. The average Bonchev–Trinajstić information content (AvgIpc) is 3.26.